The van der Waals surface area contributed by atoms with E-state index in [1.54, 1.807) is 6.07 Å². The van der Waals surface area contributed by atoms with Crippen LogP contribution in [0.15, 0.2) is 48.5 Å². The van der Waals surface area contributed by atoms with Crippen LogP contribution in [0.4, 0.5) is 0 Å². The van der Waals surface area contributed by atoms with Crippen molar-refractivity contribution in [2.45, 2.75) is 57.4 Å². The number of para-hydroxylation sites is 1. The van der Waals surface area contributed by atoms with Crippen molar-refractivity contribution in [2.75, 3.05) is 13.2 Å². The van der Waals surface area contributed by atoms with E-state index in [4.69, 9.17) is 16.3 Å². The molecule has 1 fully saturated rings. The van der Waals surface area contributed by atoms with Crippen molar-refractivity contribution in [1.29, 1.82) is 0 Å². The van der Waals surface area contributed by atoms with Crippen LogP contribution in [0, 0.1) is 0 Å². The van der Waals surface area contributed by atoms with E-state index < -0.39 is 6.10 Å². The fourth-order valence-corrected chi connectivity index (χ4v) is 4.00. The first-order chi connectivity index (χ1) is 13.6. The highest BCUT2D eigenvalue weighted by Crippen LogP contribution is 2.26. The average molecular weight is 404 g/mol. The Morgan fingerprint density at radius 2 is 1.75 bits per heavy atom. The number of nitrogens with zero attached hydrogens (tertiary/aromatic N) is 1. The number of ether oxygens (including phenoxy) is 1. The molecule has 0 aliphatic heterocycles. The molecule has 0 radical (unpaired) electrons. The van der Waals surface area contributed by atoms with E-state index in [9.17, 15) is 10.2 Å². The molecule has 2 N–H and O–H groups in total. The summed E-state index contributed by atoms with van der Waals surface area (Å²) in [6.07, 6.45) is 5.46. The van der Waals surface area contributed by atoms with Crippen LogP contribution in [0.2, 0.25) is 5.02 Å². The molecule has 1 saturated carbocycles. The number of hydrogen-bond donors (Lipinski definition) is 2. The monoisotopic (exact) mass is 403 g/mol. The molecule has 0 unspecified atom stereocenters. The minimum Gasteiger partial charge on any atom is -0.508 e. The van der Waals surface area contributed by atoms with E-state index in [0.717, 1.165) is 24.0 Å². The molecule has 2 aromatic rings. The summed E-state index contributed by atoms with van der Waals surface area (Å²) in [4.78, 5) is 2.31. The van der Waals surface area contributed by atoms with Crippen molar-refractivity contribution in [3.05, 3.63) is 64.7 Å². The number of aliphatic hydroxyl groups is 1. The predicted molar refractivity (Wildman–Crippen MR) is 113 cm³/mol. The molecule has 1 aliphatic carbocycles. The lowest BCUT2D eigenvalue weighted by molar-refractivity contribution is -0.00350. The zero-order valence-electron chi connectivity index (χ0n) is 16.3. The molecule has 4 nitrogen and oxygen atoms in total. The van der Waals surface area contributed by atoms with E-state index in [2.05, 4.69) is 4.90 Å². The number of benzene rings is 2. The number of rotatable bonds is 9. The van der Waals surface area contributed by atoms with E-state index in [0.29, 0.717) is 36.5 Å². The standard InChI is InChI=1S/C23H30ClNO3/c24-20-12-10-18(11-13-20)16-28-17-22(26)15-25(21-7-2-1-3-8-21)14-19-6-4-5-9-23(19)27/h4-6,9-13,21-22,26-27H,1-3,7-8,14-17H2/t22-/m1/s1. The van der Waals surface area contributed by atoms with E-state index >= 15 is 0 Å². The van der Waals surface area contributed by atoms with Crippen molar-refractivity contribution in [3.8, 4) is 5.75 Å². The third-order valence-electron chi connectivity index (χ3n) is 5.39. The van der Waals surface area contributed by atoms with Gasteiger partial charge in [0.2, 0.25) is 0 Å². The Labute approximate surface area is 172 Å². The largest absolute Gasteiger partial charge is 0.508 e. The van der Waals surface area contributed by atoms with Crippen molar-refractivity contribution < 1.29 is 14.9 Å². The van der Waals surface area contributed by atoms with Crippen molar-refractivity contribution in [3.63, 3.8) is 0 Å². The lowest BCUT2D eigenvalue weighted by atomic mass is 9.93. The van der Waals surface area contributed by atoms with Gasteiger partial charge in [-0.15, -0.1) is 0 Å². The Hall–Kier alpha value is -1.59. The number of aromatic hydroxyl groups is 1. The topological polar surface area (TPSA) is 52.9 Å². The Bertz CT molecular complexity index is 716. The zero-order chi connectivity index (χ0) is 19.8. The maximum Gasteiger partial charge on any atom is 0.120 e. The third-order valence-corrected chi connectivity index (χ3v) is 5.65. The fraction of sp³-hybridized carbons (Fsp3) is 0.478. The van der Waals surface area contributed by atoms with Crippen molar-refractivity contribution >= 4 is 11.6 Å². The molecule has 0 spiro atoms. The molecule has 0 saturated heterocycles. The van der Waals surface area contributed by atoms with Gasteiger partial charge in [0.1, 0.15) is 5.75 Å². The summed E-state index contributed by atoms with van der Waals surface area (Å²) in [5, 5.41) is 21.4. The van der Waals surface area contributed by atoms with Crippen LogP contribution < -0.4 is 0 Å². The van der Waals surface area contributed by atoms with E-state index in [1.165, 1.54) is 19.3 Å². The van der Waals surface area contributed by atoms with E-state index in [1.807, 2.05) is 42.5 Å². The van der Waals surface area contributed by atoms with Crippen LogP contribution in [-0.2, 0) is 17.9 Å². The Balaban J connectivity index is 1.55. The molecule has 0 bridgehead atoms. The summed E-state index contributed by atoms with van der Waals surface area (Å²) in [5.41, 5.74) is 1.94. The molecule has 1 atom stereocenters. The second-order valence-corrected chi connectivity index (χ2v) is 8.08. The maximum atomic E-state index is 10.6. The average Bonchev–Trinajstić information content (AvgIpc) is 2.71. The highest BCUT2D eigenvalue weighted by molar-refractivity contribution is 6.30. The fourth-order valence-electron chi connectivity index (χ4n) is 3.87. The molecular weight excluding hydrogens is 374 g/mol. The Morgan fingerprint density at radius 3 is 2.46 bits per heavy atom. The first-order valence-electron chi connectivity index (χ1n) is 10.1. The SMILES string of the molecule is Oc1ccccc1CN(C[C@@H](O)COCc1ccc(Cl)cc1)C1CCCCC1. The van der Waals surface area contributed by atoms with Gasteiger partial charge >= 0.3 is 0 Å². The highest BCUT2D eigenvalue weighted by Gasteiger charge is 2.24. The molecule has 28 heavy (non-hydrogen) atoms. The summed E-state index contributed by atoms with van der Waals surface area (Å²) < 4.78 is 5.71. The smallest absolute Gasteiger partial charge is 0.120 e. The normalized spacial score (nSPS) is 16.4. The van der Waals surface area contributed by atoms with Gasteiger partial charge in [-0.05, 0) is 36.6 Å². The number of phenolic OH excluding ortho intramolecular Hbond substituents is 1. The van der Waals surface area contributed by atoms with Gasteiger partial charge in [0.05, 0.1) is 19.3 Å². The number of hydrogen-bond acceptors (Lipinski definition) is 4. The molecule has 0 amide bonds. The van der Waals surface area contributed by atoms with Crippen LogP contribution in [0.5, 0.6) is 5.75 Å². The van der Waals surface area contributed by atoms with Crippen LogP contribution >= 0.6 is 11.6 Å². The first kappa shape index (κ1) is 21.1. The Kier molecular flexibility index (Phi) is 8.16. The van der Waals surface area contributed by atoms with Gasteiger partial charge in [0.15, 0.2) is 0 Å². The van der Waals surface area contributed by atoms with Crippen LogP contribution in [0.1, 0.15) is 43.2 Å². The van der Waals surface area contributed by atoms with Crippen molar-refractivity contribution in [2.24, 2.45) is 0 Å². The molecule has 3 rings (SSSR count). The van der Waals surface area contributed by atoms with Gasteiger partial charge in [-0.3, -0.25) is 4.90 Å². The maximum absolute atomic E-state index is 10.6. The van der Waals surface area contributed by atoms with Crippen molar-refractivity contribution in [1.82, 2.24) is 4.90 Å². The first-order valence-corrected chi connectivity index (χ1v) is 10.5. The highest BCUT2D eigenvalue weighted by atomic mass is 35.5. The summed E-state index contributed by atoms with van der Waals surface area (Å²) in [5.74, 6) is 0.316. The van der Waals surface area contributed by atoms with Crippen LogP contribution in [0.25, 0.3) is 0 Å². The van der Waals surface area contributed by atoms with Gasteiger partial charge in [0, 0.05) is 29.7 Å². The molecule has 0 aromatic heterocycles. The van der Waals surface area contributed by atoms with Crippen LogP contribution in [0.3, 0.4) is 0 Å². The molecule has 0 heterocycles. The lowest BCUT2D eigenvalue weighted by Crippen LogP contribution is -2.42. The molecule has 152 valence electrons. The summed E-state index contributed by atoms with van der Waals surface area (Å²) in [6, 6.07) is 15.4. The minimum absolute atomic E-state index is 0.284. The van der Waals surface area contributed by atoms with Gasteiger partial charge in [-0.25, -0.2) is 0 Å². The quantitative estimate of drug-likeness (QED) is 0.633. The van der Waals surface area contributed by atoms with Gasteiger partial charge in [-0.1, -0.05) is 61.2 Å². The number of halogens is 1. The zero-order valence-corrected chi connectivity index (χ0v) is 17.0. The van der Waals surface area contributed by atoms with Gasteiger partial charge < -0.3 is 14.9 Å². The molecule has 1 aliphatic rings. The summed E-state index contributed by atoms with van der Waals surface area (Å²) in [7, 11) is 0. The molecule has 5 heteroatoms. The van der Waals surface area contributed by atoms with E-state index in [-0.39, 0.29) is 6.61 Å². The third kappa shape index (κ3) is 6.49. The summed E-state index contributed by atoms with van der Waals surface area (Å²) in [6.45, 7) is 1.93. The molecule has 2 aromatic carbocycles. The van der Waals surface area contributed by atoms with Crippen LogP contribution in [-0.4, -0.2) is 40.4 Å². The Morgan fingerprint density at radius 1 is 1.04 bits per heavy atom. The van der Waals surface area contributed by atoms with Gasteiger partial charge in [0.25, 0.3) is 0 Å². The minimum atomic E-state index is -0.569. The summed E-state index contributed by atoms with van der Waals surface area (Å²) >= 11 is 5.90. The lowest BCUT2D eigenvalue weighted by Gasteiger charge is -2.35. The predicted octanol–water partition coefficient (Wildman–Crippen LogP) is 4.76. The number of aliphatic hydroxyl groups excluding tert-OH is 1. The number of phenols is 1. The van der Waals surface area contributed by atoms with Gasteiger partial charge in [-0.2, -0.15) is 0 Å². The molecular formula is C23H30ClNO3. The second-order valence-electron chi connectivity index (χ2n) is 7.65. The second kappa shape index (κ2) is 10.8.